The second-order valence-electron chi connectivity index (χ2n) is 3.19. The molecule has 2 aromatic rings. The quantitative estimate of drug-likeness (QED) is 0.829. The van der Waals surface area contributed by atoms with Crippen molar-refractivity contribution in [1.82, 2.24) is 9.97 Å². The van der Waals surface area contributed by atoms with Gasteiger partial charge in [0.25, 0.3) is 0 Å². The van der Waals surface area contributed by atoms with Crippen molar-refractivity contribution in [2.45, 2.75) is 13.3 Å². The third-order valence-corrected chi connectivity index (χ3v) is 2.00. The number of furan rings is 1. The third kappa shape index (κ3) is 2.34. The van der Waals surface area contributed by atoms with Gasteiger partial charge in [0.2, 0.25) is 0 Å². The van der Waals surface area contributed by atoms with Crippen molar-refractivity contribution >= 4 is 5.82 Å². The van der Waals surface area contributed by atoms with E-state index in [0.717, 1.165) is 30.2 Å². The van der Waals surface area contributed by atoms with E-state index in [1.807, 2.05) is 18.2 Å². The van der Waals surface area contributed by atoms with Crippen molar-refractivity contribution in [3.63, 3.8) is 0 Å². The van der Waals surface area contributed by atoms with Gasteiger partial charge in [0, 0.05) is 12.6 Å². The average molecular weight is 203 g/mol. The molecule has 2 rings (SSSR count). The molecule has 0 atom stereocenters. The molecule has 0 aliphatic heterocycles. The lowest BCUT2D eigenvalue weighted by Crippen LogP contribution is -2.02. The van der Waals surface area contributed by atoms with Gasteiger partial charge in [-0.25, -0.2) is 9.97 Å². The molecule has 0 spiro atoms. The predicted molar refractivity (Wildman–Crippen MR) is 58.5 cm³/mol. The first-order chi connectivity index (χ1) is 7.40. The smallest absolute Gasteiger partial charge is 0.152 e. The van der Waals surface area contributed by atoms with E-state index in [1.165, 1.54) is 6.33 Å². The molecule has 0 aromatic carbocycles. The molecule has 0 aliphatic rings. The van der Waals surface area contributed by atoms with Crippen LogP contribution in [-0.4, -0.2) is 16.5 Å². The number of hydrogen-bond donors (Lipinski definition) is 1. The Balaban J connectivity index is 2.19. The van der Waals surface area contributed by atoms with Crippen LogP contribution in [-0.2, 0) is 0 Å². The maximum absolute atomic E-state index is 5.26. The molecule has 15 heavy (non-hydrogen) atoms. The van der Waals surface area contributed by atoms with Gasteiger partial charge in [-0.05, 0) is 18.6 Å². The van der Waals surface area contributed by atoms with Gasteiger partial charge < -0.3 is 9.73 Å². The van der Waals surface area contributed by atoms with Crippen LogP contribution in [0.4, 0.5) is 5.82 Å². The molecule has 0 amide bonds. The SMILES string of the molecule is CCCNc1cc(-c2ccco2)ncn1. The zero-order valence-electron chi connectivity index (χ0n) is 8.60. The normalized spacial score (nSPS) is 10.2. The van der Waals surface area contributed by atoms with Gasteiger partial charge in [-0.3, -0.25) is 0 Å². The summed E-state index contributed by atoms with van der Waals surface area (Å²) in [6, 6.07) is 5.61. The summed E-state index contributed by atoms with van der Waals surface area (Å²) in [6.07, 6.45) is 4.24. The van der Waals surface area contributed by atoms with Crippen molar-refractivity contribution in [2.75, 3.05) is 11.9 Å². The van der Waals surface area contributed by atoms with Gasteiger partial charge in [-0.1, -0.05) is 6.92 Å². The molecule has 0 fully saturated rings. The van der Waals surface area contributed by atoms with Crippen molar-refractivity contribution < 1.29 is 4.42 Å². The topological polar surface area (TPSA) is 51.0 Å². The van der Waals surface area contributed by atoms with E-state index in [-0.39, 0.29) is 0 Å². The third-order valence-electron chi connectivity index (χ3n) is 2.00. The molecule has 4 heteroatoms. The molecule has 0 saturated heterocycles. The summed E-state index contributed by atoms with van der Waals surface area (Å²) in [5.74, 6) is 1.59. The zero-order valence-corrected chi connectivity index (χ0v) is 8.60. The van der Waals surface area contributed by atoms with Crippen LogP contribution in [0, 0.1) is 0 Å². The maximum atomic E-state index is 5.26. The average Bonchev–Trinajstić information content (AvgIpc) is 2.80. The Labute approximate surface area is 88.4 Å². The number of anilines is 1. The lowest BCUT2D eigenvalue weighted by atomic mass is 10.3. The summed E-state index contributed by atoms with van der Waals surface area (Å²) < 4.78 is 5.26. The minimum absolute atomic E-state index is 0.761. The lowest BCUT2D eigenvalue weighted by molar-refractivity contribution is 0.580. The van der Waals surface area contributed by atoms with Gasteiger partial charge in [0.15, 0.2) is 5.76 Å². The summed E-state index contributed by atoms with van der Waals surface area (Å²) in [4.78, 5) is 8.27. The fraction of sp³-hybridized carbons (Fsp3) is 0.273. The van der Waals surface area contributed by atoms with E-state index in [1.54, 1.807) is 6.26 Å². The molecule has 78 valence electrons. The van der Waals surface area contributed by atoms with Crippen LogP contribution in [0.25, 0.3) is 11.5 Å². The predicted octanol–water partition coefficient (Wildman–Crippen LogP) is 2.56. The molecule has 4 nitrogen and oxygen atoms in total. The largest absolute Gasteiger partial charge is 0.463 e. The van der Waals surface area contributed by atoms with Gasteiger partial charge in [-0.2, -0.15) is 0 Å². The second-order valence-corrected chi connectivity index (χ2v) is 3.19. The minimum Gasteiger partial charge on any atom is -0.463 e. The van der Waals surface area contributed by atoms with Crippen molar-refractivity contribution in [1.29, 1.82) is 0 Å². The molecule has 2 heterocycles. The lowest BCUT2D eigenvalue weighted by Gasteiger charge is -2.03. The Morgan fingerprint density at radius 2 is 2.33 bits per heavy atom. The summed E-state index contributed by atoms with van der Waals surface area (Å²) in [6.45, 7) is 3.02. The molecule has 0 unspecified atom stereocenters. The van der Waals surface area contributed by atoms with E-state index in [4.69, 9.17) is 4.42 Å². The van der Waals surface area contributed by atoms with Gasteiger partial charge >= 0.3 is 0 Å². The number of hydrogen-bond acceptors (Lipinski definition) is 4. The Hall–Kier alpha value is -1.84. The maximum Gasteiger partial charge on any atom is 0.152 e. The van der Waals surface area contributed by atoms with Crippen LogP contribution in [0.2, 0.25) is 0 Å². The summed E-state index contributed by atoms with van der Waals surface area (Å²) >= 11 is 0. The summed E-state index contributed by atoms with van der Waals surface area (Å²) in [5, 5.41) is 3.20. The van der Waals surface area contributed by atoms with Crippen LogP contribution in [0.5, 0.6) is 0 Å². The van der Waals surface area contributed by atoms with E-state index >= 15 is 0 Å². The van der Waals surface area contributed by atoms with Crippen LogP contribution in [0.1, 0.15) is 13.3 Å². The Bertz CT molecular complexity index is 412. The Morgan fingerprint density at radius 1 is 1.40 bits per heavy atom. The van der Waals surface area contributed by atoms with Gasteiger partial charge in [-0.15, -0.1) is 0 Å². The standard InChI is InChI=1S/C11H13N3O/c1-2-5-12-11-7-9(13-8-14-11)10-4-3-6-15-10/h3-4,6-8H,2,5H2,1H3,(H,12,13,14). The highest BCUT2D eigenvalue weighted by atomic mass is 16.3. The highest BCUT2D eigenvalue weighted by molar-refractivity contribution is 5.56. The summed E-state index contributed by atoms with van der Waals surface area (Å²) in [7, 11) is 0. The first-order valence-corrected chi connectivity index (χ1v) is 5.00. The van der Waals surface area contributed by atoms with Crippen molar-refractivity contribution in [2.24, 2.45) is 0 Å². The van der Waals surface area contributed by atoms with E-state index in [0.29, 0.717) is 0 Å². The van der Waals surface area contributed by atoms with E-state index < -0.39 is 0 Å². The molecule has 0 saturated carbocycles. The molecule has 0 bridgehead atoms. The van der Waals surface area contributed by atoms with Gasteiger partial charge in [0.1, 0.15) is 17.8 Å². The molecule has 0 aliphatic carbocycles. The zero-order chi connectivity index (χ0) is 10.5. The molecular formula is C11H13N3O. The van der Waals surface area contributed by atoms with Crippen molar-refractivity contribution in [3.8, 4) is 11.5 Å². The second kappa shape index (κ2) is 4.59. The number of nitrogens with zero attached hydrogens (tertiary/aromatic N) is 2. The monoisotopic (exact) mass is 203 g/mol. The summed E-state index contributed by atoms with van der Waals surface area (Å²) in [5.41, 5.74) is 0.800. The van der Waals surface area contributed by atoms with Crippen LogP contribution >= 0.6 is 0 Å². The first-order valence-electron chi connectivity index (χ1n) is 5.00. The number of rotatable bonds is 4. The fourth-order valence-corrected chi connectivity index (χ4v) is 1.27. The highest BCUT2D eigenvalue weighted by Gasteiger charge is 2.03. The Kier molecular flexibility index (Phi) is 2.97. The molecule has 0 radical (unpaired) electrons. The van der Waals surface area contributed by atoms with Gasteiger partial charge in [0.05, 0.1) is 6.26 Å². The fourth-order valence-electron chi connectivity index (χ4n) is 1.27. The molecular weight excluding hydrogens is 190 g/mol. The van der Waals surface area contributed by atoms with Crippen LogP contribution in [0.15, 0.2) is 35.2 Å². The molecule has 1 N–H and O–H groups in total. The minimum atomic E-state index is 0.761. The van der Waals surface area contributed by atoms with Crippen LogP contribution < -0.4 is 5.32 Å². The molecule has 2 aromatic heterocycles. The Morgan fingerprint density at radius 3 is 3.07 bits per heavy atom. The van der Waals surface area contributed by atoms with Crippen molar-refractivity contribution in [3.05, 3.63) is 30.8 Å². The van der Waals surface area contributed by atoms with E-state index in [2.05, 4.69) is 22.2 Å². The highest BCUT2D eigenvalue weighted by Crippen LogP contribution is 2.18. The first kappa shape index (κ1) is 9.71. The van der Waals surface area contributed by atoms with Crippen LogP contribution in [0.3, 0.4) is 0 Å². The number of aromatic nitrogens is 2. The van der Waals surface area contributed by atoms with E-state index in [9.17, 15) is 0 Å². The number of nitrogens with one attached hydrogen (secondary N) is 1.